The van der Waals surface area contributed by atoms with Crippen LogP contribution >= 0.6 is 22.8 Å². The summed E-state index contributed by atoms with van der Waals surface area (Å²) in [5.74, 6) is 0. The Kier molecular flexibility index (Phi) is 2.62. The van der Waals surface area contributed by atoms with Gasteiger partial charge >= 0.3 is 0 Å². The molecule has 38 valence electrons. The lowest BCUT2D eigenvalue weighted by Crippen LogP contribution is -2.00. The molecule has 0 N–H and O–H groups in total. The van der Waals surface area contributed by atoms with Crippen LogP contribution in [0.15, 0.2) is 0 Å². The average molecular weight is 169 g/mol. The molecule has 6 heavy (non-hydrogen) atoms. The molecule has 0 bridgehead atoms. The number of hydrogen-bond acceptors (Lipinski definition) is 0. The lowest BCUT2D eigenvalue weighted by Gasteiger charge is -2.11. The van der Waals surface area contributed by atoms with Crippen LogP contribution in [0.5, 0.6) is 0 Å². The van der Waals surface area contributed by atoms with Crippen molar-refractivity contribution < 1.29 is 0 Å². The quantitative estimate of drug-likeness (QED) is 0.489. The van der Waals surface area contributed by atoms with Gasteiger partial charge in [-0.3, -0.25) is 0 Å². The summed E-state index contributed by atoms with van der Waals surface area (Å²) in [4.78, 5) is 0. The second-order valence-electron chi connectivity index (χ2n) is 2.34. The fraction of sp³-hybridized carbons (Fsp3) is 1.00. The Morgan fingerprint density at radius 1 is 1.33 bits per heavy atom. The van der Waals surface area contributed by atoms with Crippen LogP contribution in [0.2, 0.25) is 0 Å². The first kappa shape index (κ1) is 6.91. The maximum Gasteiger partial charge on any atom is -0.0109 e. The van der Waals surface area contributed by atoms with Crippen LogP contribution in [-0.2, 0) is 0 Å². The van der Waals surface area contributed by atoms with Gasteiger partial charge in [0.05, 0.1) is 0 Å². The molecule has 0 radical (unpaired) electrons. The molecule has 1 atom stereocenters. The highest BCUT2D eigenvalue weighted by atomic mass is 79.9. The van der Waals surface area contributed by atoms with Crippen LogP contribution in [-0.4, -0.2) is 5.16 Å². The van der Waals surface area contributed by atoms with E-state index < -0.39 is 0 Å². The molecular weight excluding hydrogens is 159 g/mol. The molecule has 0 spiro atoms. The predicted molar refractivity (Wildman–Crippen MR) is 37.0 cm³/mol. The summed E-state index contributed by atoms with van der Waals surface area (Å²) in [7, 11) is 0.880. The van der Waals surface area contributed by atoms with Gasteiger partial charge in [0.2, 0.25) is 0 Å². The summed E-state index contributed by atoms with van der Waals surface area (Å²) in [6.07, 6.45) is 0. The fourth-order valence-corrected chi connectivity index (χ4v) is 0. The van der Waals surface area contributed by atoms with E-state index in [0.29, 0.717) is 5.16 Å². The number of halogens is 1. The van der Waals surface area contributed by atoms with Gasteiger partial charge in [0.1, 0.15) is 0 Å². The summed E-state index contributed by atoms with van der Waals surface area (Å²) >= 11 is 3.40. The van der Waals surface area contributed by atoms with Crippen molar-refractivity contribution in [1.82, 2.24) is 0 Å². The molecule has 2 heteroatoms. The lowest BCUT2D eigenvalue weighted by atomic mass is 10.3. The molecule has 0 heterocycles. The fourth-order valence-electron chi connectivity index (χ4n) is 0. The maximum atomic E-state index is 3.40. The van der Waals surface area contributed by atoms with Gasteiger partial charge in [-0.15, -0.1) is 0 Å². The third-order valence-corrected chi connectivity index (χ3v) is 4.42. The Labute approximate surface area is 49.2 Å². The van der Waals surface area contributed by atoms with Crippen molar-refractivity contribution in [3.63, 3.8) is 0 Å². The highest BCUT2D eigenvalue weighted by molar-refractivity contribution is 9.37. The van der Waals surface area contributed by atoms with Crippen LogP contribution < -0.4 is 0 Å². The zero-order valence-corrected chi connectivity index (χ0v) is 6.96. The molecule has 0 fully saturated rings. The van der Waals surface area contributed by atoms with Crippen molar-refractivity contribution in [1.29, 1.82) is 0 Å². The van der Waals surface area contributed by atoms with Gasteiger partial charge in [-0.1, -0.05) is 36.3 Å². The second kappa shape index (κ2) is 2.28. The van der Waals surface area contributed by atoms with Crippen LogP contribution in [0.3, 0.4) is 0 Å². The van der Waals surface area contributed by atoms with E-state index in [0.717, 1.165) is 7.28 Å². The normalized spacial score (nSPS) is 14.0. The summed E-state index contributed by atoms with van der Waals surface area (Å²) in [5, 5.41) is 0.486. The van der Waals surface area contributed by atoms with E-state index in [2.05, 4.69) is 36.3 Å². The van der Waals surface area contributed by atoms with Gasteiger partial charge in [0, 0.05) is 0 Å². The molecular formula is C4H10BrP. The SMILES string of the molecule is CC(C)(C)PBr. The molecule has 0 saturated carbocycles. The summed E-state index contributed by atoms with van der Waals surface area (Å²) < 4.78 is 0. The van der Waals surface area contributed by atoms with Gasteiger partial charge in [0.15, 0.2) is 0 Å². The number of hydrogen-bond donors (Lipinski definition) is 0. The Bertz CT molecular complexity index is 37.3. The highest BCUT2D eigenvalue weighted by Gasteiger charge is 2.04. The van der Waals surface area contributed by atoms with Gasteiger partial charge < -0.3 is 0 Å². The van der Waals surface area contributed by atoms with Gasteiger partial charge in [-0.2, -0.15) is 0 Å². The molecule has 0 aromatic rings. The van der Waals surface area contributed by atoms with Crippen molar-refractivity contribution >= 4 is 22.8 Å². The Morgan fingerprint density at radius 2 is 1.50 bits per heavy atom. The lowest BCUT2D eigenvalue weighted by molar-refractivity contribution is 0.803. The molecule has 0 nitrogen and oxygen atoms in total. The first-order valence-corrected chi connectivity index (χ1v) is 5.20. The smallest absolute Gasteiger partial charge is 0.0109 e. The Morgan fingerprint density at radius 3 is 1.50 bits per heavy atom. The second-order valence-corrected chi connectivity index (χ2v) is 5.22. The Balaban J connectivity index is 3.17. The topological polar surface area (TPSA) is 0 Å². The predicted octanol–water partition coefficient (Wildman–Crippen LogP) is 2.77. The zero-order chi connectivity index (χ0) is 5.21. The van der Waals surface area contributed by atoms with Crippen LogP contribution in [0.25, 0.3) is 0 Å². The first-order chi connectivity index (χ1) is 2.56. The van der Waals surface area contributed by atoms with Crippen LogP contribution in [0, 0.1) is 0 Å². The Hall–Kier alpha value is 0.910. The molecule has 0 rings (SSSR count). The molecule has 0 aromatic carbocycles. The van der Waals surface area contributed by atoms with Crippen LogP contribution in [0.4, 0.5) is 0 Å². The third kappa shape index (κ3) is 4.91. The van der Waals surface area contributed by atoms with Crippen molar-refractivity contribution in [2.45, 2.75) is 25.9 Å². The van der Waals surface area contributed by atoms with Crippen molar-refractivity contribution in [3.05, 3.63) is 0 Å². The van der Waals surface area contributed by atoms with Crippen molar-refractivity contribution in [2.24, 2.45) is 0 Å². The minimum atomic E-state index is 0.486. The minimum Gasteiger partial charge on any atom is -0.0636 e. The molecule has 1 unspecified atom stereocenters. The highest BCUT2D eigenvalue weighted by Crippen LogP contribution is 2.36. The van der Waals surface area contributed by atoms with Gasteiger partial charge in [0.25, 0.3) is 0 Å². The van der Waals surface area contributed by atoms with E-state index in [1.54, 1.807) is 0 Å². The average Bonchev–Trinajstić information content (AvgIpc) is 1.35. The van der Waals surface area contributed by atoms with E-state index in [9.17, 15) is 0 Å². The minimum absolute atomic E-state index is 0.486. The third-order valence-electron chi connectivity index (χ3n) is 0.283. The molecule has 0 aliphatic carbocycles. The molecule has 0 saturated heterocycles. The number of rotatable bonds is 0. The standard InChI is InChI=1S/C4H10BrP/c1-4(2,3)6-5/h6H,1-3H3. The van der Waals surface area contributed by atoms with E-state index in [-0.39, 0.29) is 0 Å². The summed E-state index contributed by atoms with van der Waals surface area (Å²) in [6.45, 7) is 6.63. The van der Waals surface area contributed by atoms with Gasteiger partial charge in [-0.25, -0.2) is 0 Å². The van der Waals surface area contributed by atoms with E-state index in [4.69, 9.17) is 0 Å². The summed E-state index contributed by atoms with van der Waals surface area (Å²) in [6, 6.07) is 0. The van der Waals surface area contributed by atoms with Gasteiger partial charge in [-0.05, 0) is 12.4 Å². The monoisotopic (exact) mass is 168 g/mol. The van der Waals surface area contributed by atoms with Crippen LogP contribution in [0.1, 0.15) is 20.8 Å². The van der Waals surface area contributed by atoms with Crippen molar-refractivity contribution in [2.75, 3.05) is 0 Å². The molecule has 0 amide bonds. The molecule has 0 aliphatic heterocycles. The largest absolute Gasteiger partial charge is 0.0636 e. The first-order valence-electron chi connectivity index (χ1n) is 1.94. The van der Waals surface area contributed by atoms with E-state index in [1.807, 2.05) is 0 Å². The van der Waals surface area contributed by atoms with E-state index >= 15 is 0 Å². The maximum absolute atomic E-state index is 3.40. The summed E-state index contributed by atoms with van der Waals surface area (Å²) in [5.41, 5.74) is 0. The molecule has 0 aliphatic rings. The zero-order valence-electron chi connectivity index (χ0n) is 4.38. The molecule has 0 aromatic heterocycles. The van der Waals surface area contributed by atoms with E-state index in [1.165, 1.54) is 0 Å². The van der Waals surface area contributed by atoms with Crippen molar-refractivity contribution in [3.8, 4) is 0 Å².